The largest absolute Gasteiger partial charge is 0.368 e. The van der Waals surface area contributed by atoms with Crippen molar-refractivity contribution in [2.45, 2.75) is 6.92 Å². The summed E-state index contributed by atoms with van der Waals surface area (Å²) in [6.45, 7) is 6.54. The van der Waals surface area contributed by atoms with Crippen LogP contribution in [-0.2, 0) is 0 Å². The summed E-state index contributed by atoms with van der Waals surface area (Å²) in [7, 11) is 1.78. The number of halogens is 2. The maximum absolute atomic E-state index is 12.1. The van der Waals surface area contributed by atoms with Crippen LogP contribution >= 0.6 is 46.9 Å². The minimum atomic E-state index is -0.0769. The highest BCUT2D eigenvalue weighted by Crippen LogP contribution is 2.20. The highest BCUT2D eigenvalue weighted by molar-refractivity contribution is 14.0. The minimum absolute atomic E-state index is 0. The lowest BCUT2D eigenvalue weighted by Gasteiger charge is -2.37. The zero-order chi connectivity index (χ0) is 19.9. The van der Waals surface area contributed by atoms with E-state index >= 15 is 0 Å². The number of hydrogen-bond acceptors (Lipinski definition) is 5. The minimum Gasteiger partial charge on any atom is -0.368 e. The van der Waals surface area contributed by atoms with Crippen molar-refractivity contribution in [2.75, 3.05) is 51.2 Å². The van der Waals surface area contributed by atoms with Gasteiger partial charge >= 0.3 is 0 Å². The Balaban J connectivity index is 0.00000300. The van der Waals surface area contributed by atoms with Gasteiger partial charge in [0.15, 0.2) is 5.96 Å². The molecular formula is C19H26ClIN6OS. The van der Waals surface area contributed by atoms with E-state index in [1.807, 2.05) is 25.1 Å². The molecule has 0 radical (unpaired) electrons. The molecule has 1 saturated heterocycles. The number of guanidine groups is 1. The van der Waals surface area contributed by atoms with Crippen LogP contribution in [0.4, 0.5) is 5.69 Å². The number of anilines is 1. The average molecular weight is 549 g/mol. The maximum Gasteiger partial charge on any atom is 0.263 e. The Labute approximate surface area is 197 Å². The smallest absolute Gasteiger partial charge is 0.263 e. The number of rotatable bonds is 5. The summed E-state index contributed by atoms with van der Waals surface area (Å²) >= 11 is 7.46. The van der Waals surface area contributed by atoms with E-state index in [0.717, 1.165) is 48.5 Å². The van der Waals surface area contributed by atoms with Crippen LogP contribution in [0.5, 0.6) is 0 Å². The van der Waals surface area contributed by atoms with Crippen LogP contribution in [0.15, 0.2) is 34.8 Å². The SMILES string of the molecule is CN=C(NCCNC(=O)c1scnc1C)N1CCN(c2cccc(Cl)c2)CC1.I. The zero-order valence-electron chi connectivity index (χ0n) is 16.5. The third-order valence-electron chi connectivity index (χ3n) is 4.61. The second kappa shape index (κ2) is 11.6. The summed E-state index contributed by atoms with van der Waals surface area (Å²) in [5.74, 6) is 0.779. The molecule has 2 aromatic rings. The van der Waals surface area contributed by atoms with Crippen LogP contribution in [-0.4, -0.2) is 68.1 Å². The summed E-state index contributed by atoms with van der Waals surface area (Å²) in [6, 6.07) is 7.95. The van der Waals surface area contributed by atoms with Crippen LogP contribution in [0.1, 0.15) is 15.4 Å². The van der Waals surface area contributed by atoms with E-state index in [-0.39, 0.29) is 29.9 Å². The molecule has 0 aliphatic carbocycles. The van der Waals surface area contributed by atoms with E-state index in [0.29, 0.717) is 18.0 Å². The summed E-state index contributed by atoms with van der Waals surface area (Å²) in [4.78, 5) is 25.8. The topological polar surface area (TPSA) is 72.9 Å². The summed E-state index contributed by atoms with van der Waals surface area (Å²) in [5.41, 5.74) is 3.60. The molecule has 7 nitrogen and oxygen atoms in total. The fourth-order valence-electron chi connectivity index (χ4n) is 3.13. The van der Waals surface area contributed by atoms with E-state index in [1.54, 1.807) is 12.6 Å². The molecule has 1 amide bonds. The molecule has 0 spiro atoms. The van der Waals surface area contributed by atoms with Gasteiger partial charge in [-0.1, -0.05) is 17.7 Å². The molecule has 1 aromatic heterocycles. The van der Waals surface area contributed by atoms with Gasteiger partial charge in [-0.15, -0.1) is 35.3 Å². The molecule has 3 rings (SSSR count). The van der Waals surface area contributed by atoms with Crippen LogP contribution in [0.3, 0.4) is 0 Å². The number of amides is 1. The number of nitrogens with one attached hydrogen (secondary N) is 2. The number of aromatic nitrogens is 1. The maximum atomic E-state index is 12.1. The molecule has 2 N–H and O–H groups in total. The summed E-state index contributed by atoms with van der Waals surface area (Å²) in [5, 5.41) is 7.00. The molecule has 0 unspecified atom stereocenters. The molecular weight excluding hydrogens is 523 g/mol. The highest BCUT2D eigenvalue weighted by Gasteiger charge is 2.20. The first-order valence-corrected chi connectivity index (χ1v) is 10.5. The molecule has 1 aliphatic rings. The molecule has 0 bridgehead atoms. The molecule has 29 heavy (non-hydrogen) atoms. The van der Waals surface area contributed by atoms with Gasteiger partial charge in [0, 0.05) is 57.0 Å². The number of hydrogen-bond donors (Lipinski definition) is 2. The first-order chi connectivity index (χ1) is 13.6. The zero-order valence-corrected chi connectivity index (χ0v) is 20.4. The lowest BCUT2D eigenvalue weighted by molar-refractivity contribution is 0.0957. The third kappa shape index (κ3) is 6.45. The number of piperazine rings is 1. The molecule has 1 aliphatic heterocycles. The normalized spacial score (nSPS) is 14.4. The second-order valence-corrected chi connectivity index (χ2v) is 7.74. The van der Waals surface area contributed by atoms with Gasteiger partial charge in [0.1, 0.15) is 4.88 Å². The van der Waals surface area contributed by atoms with Crippen LogP contribution in [0, 0.1) is 6.92 Å². The Morgan fingerprint density at radius 1 is 1.24 bits per heavy atom. The van der Waals surface area contributed by atoms with Crippen molar-refractivity contribution in [3.05, 3.63) is 45.4 Å². The van der Waals surface area contributed by atoms with Crippen LogP contribution in [0.2, 0.25) is 5.02 Å². The van der Waals surface area contributed by atoms with Gasteiger partial charge in [-0.3, -0.25) is 9.79 Å². The second-order valence-electron chi connectivity index (χ2n) is 6.45. The Kier molecular flexibility index (Phi) is 9.44. The quantitative estimate of drug-likeness (QED) is 0.260. The third-order valence-corrected chi connectivity index (χ3v) is 5.77. The van der Waals surface area contributed by atoms with Crippen molar-refractivity contribution >= 4 is 64.5 Å². The lowest BCUT2D eigenvalue weighted by atomic mass is 10.2. The molecule has 2 heterocycles. The molecule has 158 valence electrons. The van der Waals surface area contributed by atoms with Crippen molar-refractivity contribution in [2.24, 2.45) is 4.99 Å². The van der Waals surface area contributed by atoms with Crippen molar-refractivity contribution in [3.8, 4) is 0 Å². The van der Waals surface area contributed by atoms with Gasteiger partial charge in [0.2, 0.25) is 0 Å². The molecule has 10 heteroatoms. The molecule has 1 fully saturated rings. The van der Waals surface area contributed by atoms with Crippen molar-refractivity contribution in [1.82, 2.24) is 20.5 Å². The van der Waals surface area contributed by atoms with Crippen molar-refractivity contribution < 1.29 is 4.79 Å². The predicted molar refractivity (Wildman–Crippen MR) is 131 cm³/mol. The number of thiazole rings is 1. The van der Waals surface area contributed by atoms with Crippen molar-refractivity contribution in [3.63, 3.8) is 0 Å². The number of aryl methyl sites for hydroxylation is 1. The Morgan fingerprint density at radius 2 is 1.97 bits per heavy atom. The van der Waals surface area contributed by atoms with Crippen LogP contribution < -0.4 is 15.5 Å². The van der Waals surface area contributed by atoms with E-state index in [4.69, 9.17) is 11.6 Å². The van der Waals surface area contributed by atoms with Gasteiger partial charge in [0.25, 0.3) is 5.91 Å². The van der Waals surface area contributed by atoms with E-state index in [9.17, 15) is 4.79 Å². The van der Waals surface area contributed by atoms with Crippen molar-refractivity contribution in [1.29, 1.82) is 0 Å². The highest BCUT2D eigenvalue weighted by atomic mass is 127. The van der Waals surface area contributed by atoms with Crippen LogP contribution in [0.25, 0.3) is 0 Å². The molecule has 0 saturated carbocycles. The van der Waals surface area contributed by atoms with E-state index in [1.165, 1.54) is 11.3 Å². The standard InChI is InChI=1S/C19H25ClN6OS.HI/c1-14-17(28-13-24-14)18(27)22-6-7-23-19(21-2)26-10-8-25(9-11-26)16-5-3-4-15(20)12-16;/h3-5,12-13H,6-11H2,1-2H3,(H,21,23)(H,22,27);1H. The lowest BCUT2D eigenvalue weighted by Crippen LogP contribution is -2.53. The summed E-state index contributed by atoms with van der Waals surface area (Å²) < 4.78 is 0. The Bertz CT molecular complexity index is 838. The molecule has 0 atom stereocenters. The number of carbonyl (C=O) groups is 1. The van der Waals surface area contributed by atoms with Gasteiger partial charge in [-0.05, 0) is 25.1 Å². The predicted octanol–water partition coefficient (Wildman–Crippen LogP) is 2.85. The Morgan fingerprint density at radius 3 is 2.59 bits per heavy atom. The fourth-order valence-corrected chi connectivity index (χ4v) is 4.04. The monoisotopic (exact) mass is 548 g/mol. The van der Waals surface area contributed by atoms with Gasteiger partial charge < -0.3 is 20.4 Å². The number of carbonyl (C=O) groups excluding carboxylic acids is 1. The van der Waals surface area contributed by atoms with Gasteiger partial charge in [0.05, 0.1) is 11.2 Å². The average Bonchev–Trinajstić information content (AvgIpc) is 3.14. The number of nitrogens with zero attached hydrogens (tertiary/aromatic N) is 4. The van der Waals surface area contributed by atoms with Gasteiger partial charge in [-0.2, -0.15) is 0 Å². The number of benzene rings is 1. The van der Waals surface area contributed by atoms with E-state index in [2.05, 4.69) is 36.5 Å². The fraction of sp³-hybridized carbons (Fsp3) is 0.421. The first kappa shape index (κ1) is 23.7. The first-order valence-electron chi connectivity index (χ1n) is 9.23. The Hall–Kier alpha value is -1.59. The van der Waals surface area contributed by atoms with E-state index < -0.39 is 0 Å². The number of aliphatic imine (C=N–C) groups is 1. The molecule has 1 aromatic carbocycles. The summed E-state index contributed by atoms with van der Waals surface area (Å²) in [6.07, 6.45) is 0. The van der Waals surface area contributed by atoms with Gasteiger partial charge in [-0.25, -0.2) is 4.98 Å².